The molecule has 1 fully saturated rings. The summed E-state index contributed by atoms with van der Waals surface area (Å²) in [4.78, 5) is 47.4. The van der Waals surface area contributed by atoms with Crippen LogP contribution in [-0.2, 0) is 28.9 Å². The Morgan fingerprint density at radius 3 is 2.64 bits per heavy atom. The van der Waals surface area contributed by atoms with E-state index in [-0.39, 0.29) is 18.2 Å². The summed E-state index contributed by atoms with van der Waals surface area (Å²) in [7, 11) is 0. The summed E-state index contributed by atoms with van der Waals surface area (Å²) >= 11 is 1.40. The number of hydrogen-bond donors (Lipinski definition) is 2. The van der Waals surface area contributed by atoms with E-state index in [0.29, 0.717) is 36.6 Å². The van der Waals surface area contributed by atoms with Crippen LogP contribution in [0.5, 0.6) is 5.75 Å². The zero-order valence-corrected chi connectivity index (χ0v) is 26.9. The van der Waals surface area contributed by atoms with Gasteiger partial charge in [-0.05, 0) is 73.5 Å². The lowest BCUT2D eigenvalue weighted by molar-refractivity contribution is 0.0365. The van der Waals surface area contributed by atoms with Gasteiger partial charge in [0.25, 0.3) is 0 Å². The number of nitrogens with one attached hydrogen (secondary N) is 2. The molecule has 4 heterocycles. The largest absolute Gasteiger partial charge is 0.493 e. The zero-order chi connectivity index (χ0) is 31.8. The summed E-state index contributed by atoms with van der Waals surface area (Å²) in [6.07, 6.45) is 2.81. The summed E-state index contributed by atoms with van der Waals surface area (Å²) in [5.74, 6) is 0.693. The van der Waals surface area contributed by atoms with Crippen molar-refractivity contribution in [3.8, 4) is 5.75 Å². The van der Waals surface area contributed by atoms with Crippen molar-refractivity contribution < 1.29 is 28.6 Å². The fraction of sp³-hybridized carbons (Fsp3) is 0.455. The number of Topliss-reactive ketones (excluding diaryl/α,β-unsaturated/α-hetero) is 1. The number of morpholine rings is 1. The van der Waals surface area contributed by atoms with Crippen LogP contribution in [0.4, 0.5) is 21.0 Å². The third-order valence-electron chi connectivity index (χ3n) is 7.45. The number of amides is 3. The molecule has 3 aromatic rings. The van der Waals surface area contributed by atoms with E-state index in [4.69, 9.17) is 14.2 Å². The molecule has 11 nitrogen and oxygen atoms in total. The maximum atomic E-state index is 13.5. The number of rotatable bonds is 11. The van der Waals surface area contributed by atoms with Gasteiger partial charge in [-0.3, -0.25) is 20.0 Å². The third-order valence-corrected chi connectivity index (χ3v) is 8.24. The van der Waals surface area contributed by atoms with Crippen LogP contribution < -0.4 is 15.4 Å². The lowest BCUT2D eigenvalue weighted by Gasteiger charge is -2.28. The second-order valence-electron chi connectivity index (χ2n) is 12.2. The van der Waals surface area contributed by atoms with Gasteiger partial charge in [-0.15, -0.1) is 11.3 Å². The minimum absolute atomic E-state index is 0.0862. The van der Waals surface area contributed by atoms with Crippen LogP contribution in [-0.4, -0.2) is 84.3 Å². The Hall–Kier alpha value is -4.00. The molecule has 240 valence electrons. The summed E-state index contributed by atoms with van der Waals surface area (Å²) in [5, 5.41) is 9.39. The van der Waals surface area contributed by atoms with Crippen LogP contribution in [0.1, 0.15) is 54.4 Å². The van der Waals surface area contributed by atoms with Gasteiger partial charge in [0.1, 0.15) is 17.0 Å². The van der Waals surface area contributed by atoms with Crippen molar-refractivity contribution in [3.05, 3.63) is 69.7 Å². The van der Waals surface area contributed by atoms with E-state index in [0.717, 1.165) is 68.3 Å². The number of benzene rings is 1. The molecule has 0 saturated carbocycles. The van der Waals surface area contributed by atoms with Crippen molar-refractivity contribution in [3.63, 3.8) is 0 Å². The monoisotopic (exact) mass is 635 g/mol. The van der Waals surface area contributed by atoms with E-state index < -0.39 is 11.7 Å². The van der Waals surface area contributed by atoms with Gasteiger partial charge in [-0.2, -0.15) is 0 Å². The molecule has 3 amide bonds. The van der Waals surface area contributed by atoms with Crippen LogP contribution in [0.2, 0.25) is 0 Å². The number of pyridine rings is 1. The molecular weight excluding hydrogens is 594 g/mol. The van der Waals surface area contributed by atoms with Crippen LogP contribution in [0.3, 0.4) is 0 Å². The molecule has 0 spiro atoms. The van der Waals surface area contributed by atoms with Crippen molar-refractivity contribution in [2.24, 2.45) is 0 Å². The number of urea groups is 1. The van der Waals surface area contributed by atoms with Crippen molar-refractivity contribution in [1.29, 1.82) is 0 Å². The molecule has 0 unspecified atom stereocenters. The first-order valence-corrected chi connectivity index (χ1v) is 16.2. The average molecular weight is 636 g/mol. The Labute approximate surface area is 267 Å². The number of carbonyl (C=O) groups excluding carboxylic acids is 3. The Kier molecular flexibility index (Phi) is 10.7. The maximum absolute atomic E-state index is 13.5. The molecule has 2 aliphatic rings. The predicted octanol–water partition coefficient (Wildman–Crippen LogP) is 5.61. The van der Waals surface area contributed by atoms with Crippen molar-refractivity contribution in [1.82, 2.24) is 14.8 Å². The van der Waals surface area contributed by atoms with Crippen molar-refractivity contribution >= 4 is 40.6 Å². The van der Waals surface area contributed by atoms with Crippen LogP contribution in [0.25, 0.3) is 0 Å². The van der Waals surface area contributed by atoms with Crippen LogP contribution >= 0.6 is 11.3 Å². The average Bonchev–Trinajstić information content (AvgIpc) is 3.65. The van der Waals surface area contributed by atoms with E-state index >= 15 is 0 Å². The number of thiophene rings is 1. The summed E-state index contributed by atoms with van der Waals surface area (Å²) in [6.45, 7) is 11.1. The minimum atomic E-state index is -0.627. The third kappa shape index (κ3) is 9.49. The molecule has 0 atom stereocenters. The Balaban J connectivity index is 1.21. The van der Waals surface area contributed by atoms with Gasteiger partial charge in [0.15, 0.2) is 5.78 Å². The zero-order valence-electron chi connectivity index (χ0n) is 26.1. The van der Waals surface area contributed by atoms with E-state index in [2.05, 4.69) is 20.5 Å². The molecule has 1 aromatic carbocycles. The fourth-order valence-electron chi connectivity index (χ4n) is 5.18. The molecule has 2 aromatic heterocycles. The van der Waals surface area contributed by atoms with Gasteiger partial charge < -0.3 is 24.4 Å². The van der Waals surface area contributed by atoms with E-state index in [1.807, 2.05) is 29.6 Å². The Morgan fingerprint density at radius 2 is 1.89 bits per heavy atom. The first kappa shape index (κ1) is 32.4. The van der Waals surface area contributed by atoms with E-state index in [1.165, 1.54) is 11.3 Å². The summed E-state index contributed by atoms with van der Waals surface area (Å²) in [5.41, 5.74) is 3.58. The van der Waals surface area contributed by atoms with Crippen molar-refractivity contribution in [2.45, 2.75) is 52.2 Å². The van der Waals surface area contributed by atoms with Crippen LogP contribution in [0.15, 0.2) is 47.3 Å². The second kappa shape index (κ2) is 14.9. The standard InChI is InChI=1S/C33H41N5O6S/c1-33(2,3)44-32(41)36-28-22-45-21-25(28)18-29(39)27-7-5-23(19-34-27)20-38(11-4-10-37-12-15-42-16-13-37)31(40)35-26-6-8-30-24(17-26)9-14-43-30/h5-8,17,19,21-22H,4,9-16,18,20H2,1-3H3,(H,35,40)(H,36,41). The number of hydrogen-bond acceptors (Lipinski definition) is 9. The molecule has 0 radical (unpaired) electrons. The number of carbonyl (C=O) groups is 3. The van der Waals surface area contributed by atoms with Crippen LogP contribution in [0, 0.1) is 0 Å². The van der Waals surface area contributed by atoms with Gasteiger partial charge >= 0.3 is 12.1 Å². The lowest BCUT2D eigenvalue weighted by Crippen LogP contribution is -2.40. The normalized spacial score (nSPS) is 14.7. The molecule has 1 saturated heterocycles. The highest BCUT2D eigenvalue weighted by Crippen LogP contribution is 2.28. The molecule has 45 heavy (non-hydrogen) atoms. The first-order chi connectivity index (χ1) is 21.6. The van der Waals surface area contributed by atoms with Crippen molar-refractivity contribution in [2.75, 3.05) is 56.6 Å². The number of aromatic nitrogens is 1. The highest BCUT2D eigenvalue weighted by atomic mass is 32.1. The Morgan fingerprint density at radius 1 is 1.07 bits per heavy atom. The fourth-order valence-corrected chi connectivity index (χ4v) is 5.97. The molecule has 0 aliphatic carbocycles. The lowest BCUT2D eigenvalue weighted by atomic mass is 10.1. The number of ketones is 1. The number of fused-ring (bicyclic) bond motifs is 1. The topological polar surface area (TPSA) is 122 Å². The minimum Gasteiger partial charge on any atom is -0.493 e. The van der Waals surface area contributed by atoms with Gasteiger partial charge in [-0.25, -0.2) is 9.59 Å². The highest BCUT2D eigenvalue weighted by Gasteiger charge is 2.21. The quantitative estimate of drug-likeness (QED) is 0.261. The van der Waals surface area contributed by atoms with Gasteiger partial charge in [0, 0.05) is 62.8 Å². The highest BCUT2D eigenvalue weighted by molar-refractivity contribution is 7.08. The molecule has 12 heteroatoms. The molecular formula is C33H41N5O6S. The number of ether oxygens (including phenoxy) is 3. The number of nitrogens with zero attached hydrogens (tertiary/aromatic N) is 3. The molecule has 5 rings (SSSR count). The predicted molar refractivity (Wildman–Crippen MR) is 173 cm³/mol. The van der Waals surface area contributed by atoms with Gasteiger partial charge in [0.2, 0.25) is 0 Å². The molecule has 2 aliphatic heterocycles. The molecule has 0 bridgehead atoms. The summed E-state index contributed by atoms with van der Waals surface area (Å²) in [6, 6.07) is 9.05. The SMILES string of the molecule is CC(C)(C)OC(=O)Nc1cscc1CC(=O)c1ccc(CN(CCCN2CCOCC2)C(=O)Nc2ccc3c(c2)CCO3)cn1. The Bertz CT molecular complexity index is 1480. The van der Waals surface area contributed by atoms with Gasteiger partial charge in [0.05, 0.1) is 25.5 Å². The first-order valence-electron chi connectivity index (χ1n) is 15.3. The van der Waals surface area contributed by atoms with Gasteiger partial charge in [-0.1, -0.05) is 6.07 Å². The molecule has 2 N–H and O–H groups in total. The van der Waals surface area contributed by atoms with E-state index in [9.17, 15) is 14.4 Å². The second-order valence-corrected chi connectivity index (χ2v) is 12.9. The number of anilines is 2. The van der Waals surface area contributed by atoms with E-state index in [1.54, 1.807) is 43.3 Å². The maximum Gasteiger partial charge on any atom is 0.412 e. The summed E-state index contributed by atoms with van der Waals surface area (Å²) < 4.78 is 16.4. The smallest absolute Gasteiger partial charge is 0.412 e.